The predicted octanol–water partition coefficient (Wildman–Crippen LogP) is 4.65. The van der Waals surface area contributed by atoms with Gasteiger partial charge in [-0.3, -0.25) is 19.7 Å². The number of rotatable bonds is 8. The van der Waals surface area contributed by atoms with Crippen molar-refractivity contribution in [2.75, 3.05) is 42.1 Å². The van der Waals surface area contributed by atoms with E-state index in [0.717, 1.165) is 41.7 Å². The fourth-order valence-electron chi connectivity index (χ4n) is 4.32. The van der Waals surface area contributed by atoms with E-state index in [4.69, 9.17) is 4.42 Å². The van der Waals surface area contributed by atoms with Gasteiger partial charge in [0.15, 0.2) is 0 Å². The van der Waals surface area contributed by atoms with Crippen LogP contribution in [0.1, 0.15) is 15.9 Å². The molecule has 1 aliphatic rings. The first-order valence-electron chi connectivity index (χ1n) is 12.6. The highest BCUT2D eigenvalue weighted by molar-refractivity contribution is 7.99. The van der Waals surface area contributed by atoms with Crippen molar-refractivity contribution in [1.82, 2.24) is 15.1 Å². The van der Waals surface area contributed by atoms with Crippen LogP contribution in [0.15, 0.2) is 82.4 Å². The molecule has 11 nitrogen and oxygen atoms in total. The summed E-state index contributed by atoms with van der Waals surface area (Å²) >= 11 is 1.10. The first-order chi connectivity index (χ1) is 19.4. The molecule has 2 heterocycles. The number of thioether (sulfide) groups is 1. The molecule has 0 bridgehead atoms. The van der Waals surface area contributed by atoms with Gasteiger partial charge in [0.1, 0.15) is 0 Å². The molecular weight excluding hydrogens is 532 g/mol. The summed E-state index contributed by atoms with van der Waals surface area (Å²) in [6.07, 6.45) is 0. The minimum Gasteiger partial charge on any atom is -0.411 e. The molecule has 1 aromatic heterocycles. The Bertz CT molecular complexity index is 1510. The number of carbonyl (C=O) groups is 2. The van der Waals surface area contributed by atoms with Gasteiger partial charge in [-0.25, -0.2) is 0 Å². The van der Waals surface area contributed by atoms with Gasteiger partial charge in [0.25, 0.3) is 16.8 Å². The van der Waals surface area contributed by atoms with Crippen LogP contribution in [-0.4, -0.2) is 63.8 Å². The van der Waals surface area contributed by atoms with Crippen molar-refractivity contribution in [2.45, 2.75) is 12.1 Å². The highest BCUT2D eigenvalue weighted by Gasteiger charge is 2.22. The molecule has 204 valence electrons. The van der Waals surface area contributed by atoms with E-state index in [1.807, 2.05) is 60.4 Å². The Morgan fingerprint density at radius 1 is 1.00 bits per heavy atom. The van der Waals surface area contributed by atoms with E-state index in [2.05, 4.69) is 20.4 Å². The van der Waals surface area contributed by atoms with Crippen LogP contribution in [0, 0.1) is 17.0 Å². The summed E-state index contributed by atoms with van der Waals surface area (Å²) in [7, 11) is 0. The first-order valence-corrected chi connectivity index (χ1v) is 13.6. The standard InChI is InChI=1S/C28H26N6O5S/c1-19-3-2-4-21(17-19)27(36)33-15-13-32(14-16-33)23-11-7-22(8-12-23)29-25(35)18-40-28-31-30-26(39-28)20-5-9-24(10-6-20)34(37)38/h2-12,17H,13-16,18H2,1H3,(H,29,35). The number of non-ortho nitro benzene ring substituents is 1. The van der Waals surface area contributed by atoms with E-state index in [-0.39, 0.29) is 34.4 Å². The van der Waals surface area contributed by atoms with Crippen molar-refractivity contribution in [2.24, 2.45) is 0 Å². The van der Waals surface area contributed by atoms with Gasteiger partial charge in [-0.05, 0) is 55.5 Å². The minimum atomic E-state index is -0.483. The lowest BCUT2D eigenvalue weighted by Gasteiger charge is -2.36. The number of amides is 2. The Balaban J connectivity index is 1.08. The van der Waals surface area contributed by atoms with Crippen LogP contribution in [0.2, 0.25) is 0 Å². The largest absolute Gasteiger partial charge is 0.411 e. The molecule has 0 atom stereocenters. The van der Waals surface area contributed by atoms with Crippen molar-refractivity contribution >= 4 is 40.6 Å². The molecule has 0 radical (unpaired) electrons. The van der Waals surface area contributed by atoms with Gasteiger partial charge in [-0.2, -0.15) is 0 Å². The lowest BCUT2D eigenvalue weighted by Crippen LogP contribution is -2.48. The number of aromatic nitrogens is 2. The average Bonchev–Trinajstić information content (AvgIpc) is 3.45. The number of anilines is 2. The third-order valence-electron chi connectivity index (χ3n) is 6.41. The normalized spacial score (nSPS) is 13.2. The molecule has 1 fully saturated rings. The summed E-state index contributed by atoms with van der Waals surface area (Å²) in [6.45, 7) is 4.72. The molecule has 40 heavy (non-hydrogen) atoms. The summed E-state index contributed by atoms with van der Waals surface area (Å²) in [5, 5.41) is 21.8. The number of nitro benzene ring substituents is 1. The van der Waals surface area contributed by atoms with Gasteiger partial charge in [0.2, 0.25) is 11.8 Å². The Hall–Kier alpha value is -4.71. The van der Waals surface area contributed by atoms with E-state index in [1.165, 1.54) is 24.3 Å². The summed E-state index contributed by atoms with van der Waals surface area (Å²) < 4.78 is 5.57. The van der Waals surface area contributed by atoms with Crippen LogP contribution in [0.3, 0.4) is 0 Å². The summed E-state index contributed by atoms with van der Waals surface area (Å²) in [4.78, 5) is 39.7. The molecule has 0 aliphatic carbocycles. The van der Waals surface area contributed by atoms with Gasteiger partial charge in [-0.1, -0.05) is 29.5 Å². The maximum Gasteiger partial charge on any atom is 0.277 e. The van der Waals surface area contributed by atoms with Crippen LogP contribution in [0.5, 0.6) is 0 Å². The van der Waals surface area contributed by atoms with Crippen molar-refractivity contribution in [3.8, 4) is 11.5 Å². The van der Waals surface area contributed by atoms with E-state index < -0.39 is 4.92 Å². The average molecular weight is 559 g/mol. The fourth-order valence-corrected chi connectivity index (χ4v) is 4.88. The second-order valence-corrected chi connectivity index (χ2v) is 10.1. The molecule has 12 heteroatoms. The number of nitrogens with one attached hydrogen (secondary N) is 1. The Labute approximate surface area is 234 Å². The van der Waals surface area contributed by atoms with Crippen LogP contribution < -0.4 is 10.2 Å². The lowest BCUT2D eigenvalue weighted by molar-refractivity contribution is -0.384. The Morgan fingerprint density at radius 3 is 2.40 bits per heavy atom. The van der Waals surface area contributed by atoms with Gasteiger partial charge in [0, 0.05) is 60.8 Å². The van der Waals surface area contributed by atoms with Gasteiger partial charge in [-0.15, -0.1) is 10.2 Å². The maximum atomic E-state index is 12.8. The molecule has 1 N–H and O–H groups in total. The minimum absolute atomic E-state index is 0.0319. The fraction of sp³-hybridized carbons (Fsp3) is 0.214. The summed E-state index contributed by atoms with van der Waals surface area (Å²) in [5.74, 6) is 0.118. The molecule has 0 unspecified atom stereocenters. The van der Waals surface area contributed by atoms with Crippen LogP contribution in [-0.2, 0) is 4.79 Å². The molecule has 2 amide bonds. The van der Waals surface area contributed by atoms with E-state index in [9.17, 15) is 19.7 Å². The monoisotopic (exact) mass is 558 g/mol. The lowest BCUT2D eigenvalue weighted by atomic mass is 10.1. The molecular formula is C28H26N6O5S. The van der Waals surface area contributed by atoms with Crippen molar-refractivity contribution in [3.63, 3.8) is 0 Å². The van der Waals surface area contributed by atoms with Crippen LogP contribution >= 0.6 is 11.8 Å². The van der Waals surface area contributed by atoms with Crippen molar-refractivity contribution in [3.05, 3.63) is 94.0 Å². The number of hydrogen-bond acceptors (Lipinski definition) is 9. The SMILES string of the molecule is Cc1cccc(C(=O)N2CCN(c3ccc(NC(=O)CSc4nnc(-c5ccc([N+](=O)[O-])cc5)o4)cc3)CC2)c1. The van der Waals surface area contributed by atoms with E-state index >= 15 is 0 Å². The third kappa shape index (κ3) is 6.46. The van der Waals surface area contributed by atoms with Crippen molar-refractivity contribution in [1.29, 1.82) is 0 Å². The van der Waals surface area contributed by atoms with E-state index in [1.54, 1.807) is 0 Å². The number of nitrogens with zero attached hydrogens (tertiary/aromatic N) is 5. The topological polar surface area (TPSA) is 135 Å². The second-order valence-electron chi connectivity index (χ2n) is 9.21. The summed E-state index contributed by atoms with van der Waals surface area (Å²) in [5.41, 5.74) is 4.00. The maximum absolute atomic E-state index is 12.8. The smallest absolute Gasteiger partial charge is 0.277 e. The molecule has 1 aliphatic heterocycles. The molecule has 3 aromatic carbocycles. The summed E-state index contributed by atoms with van der Waals surface area (Å²) in [6, 6.07) is 21.0. The molecule has 0 spiro atoms. The zero-order valence-electron chi connectivity index (χ0n) is 21.6. The number of hydrogen-bond donors (Lipinski definition) is 1. The quantitative estimate of drug-likeness (QED) is 0.186. The van der Waals surface area contributed by atoms with Gasteiger partial charge >= 0.3 is 0 Å². The zero-order valence-corrected chi connectivity index (χ0v) is 22.5. The van der Waals surface area contributed by atoms with Gasteiger partial charge in [0.05, 0.1) is 10.7 Å². The highest BCUT2D eigenvalue weighted by atomic mass is 32.2. The van der Waals surface area contributed by atoms with E-state index in [0.29, 0.717) is 24.3 Å². The number of carbonyl (C=O) groups excluding carboxylic acids is 2. The van der Waals surface area contributed by atoms with Crippen molar-refractivity contribution < 1.29 is 18.9 Å². The number of benzene rings is 3. The molecule has 0 saturated carbocycles. The Morgan fingerprint density at radius 2 is 1.73 bits per heavy atom. The van der Waals surface area contributed by atoms with Crippen LogP contribution in [0.4, 0.5) is 17.1 Å². The van der Waals surface area contributed by atoms with Crippen LogP contribution in [0.25, 0.3) is 11.5 Å². The molecule has 1 saturated heterocycles. The van der Waals surface area contributed by atoms with Gasteiger partial charge < -0.3 is 19.5 Å². The second kappa shape index (κ2) is 12.0. The zero-order chi connectivity index (χ0) is 28.1. The Kier molecular flexibility index (Phi) is 8.06. The highest BCUT2D eigenvalue weighted by Crippen LogP contribution is 2.25. The first kappa shape index (κ1) is 26.9. The predicted molar refractivity (Wildman–Crippen MR) is 151 cm³/mol. The number of nitro groups is 1. The number of piperazine rings is 1. The molecule has 5 rings (SSSR count). The number of aryl methyl sites for hydroxylation is 1. The molecule has 4 aromatic rings. The third-order valence-corrected chi connectivity index (χ3v) is 7.22.